The summed E-state index contributed by atoms with van der Waals surface area (Å²) < 4.78 is 48.2. The number of benzene rings is 2. The Morgan fingerprint density at radius 1 is 0.951 bits per heavy atom. The summed E-state index contributed by atoms with van der Waals surface area (Å²) in [5, 5.41) is 6.78. The van der Waals surface area contributed by atoms with Crippen molar-refractivity contribution >= 4 is 12.1 Å². The third kappa shape index (κ3) is 7.21. The van der Waals surface area contributed by atoms with Crippen LogP contribution in [0.5, 0.6) is 11.5 Å². The molecule has 10 nitrogen and oxygen atoms in total. The van der Waals surface area contributed by atoms with Crippen LogP contribution in [0, 0.1) is 17.6 Å². The summed E-state index contributed by atoms with van der Waals surface area (Å²) in [6, 6.07) is 12.1. The van der Waals surface area contributed by atoms with Crippen molar-refractivity contribution in [3.8, 4) is 11.5 Å². The van der Waals surface area contributed by atoms with Gasteiger partial charge >= 0.3 is 6.16 Å². The van der Waals surface area contributed by atoms with Gasteiger partial charge in [0.25, 0.3) is 5.91 Å². The van der Waals surface area contributed by atoms with Crippen LogP contribution in [0.3, 0.4) is 0 Å². The summed E-state index contributed by atoms with van der Waals surface area (Å²) in [6.07, 6.45) is 0.312. The summed E-state index contributed by atoms with van der Waals surface area (Å²) in [7, 11) is 1.35. The number of pyridine rings is 1. The average molecular weight is 567 g/mol. The summed E-state index contributed by atoms with van der Waals surface area (Å²) in [5.74, 6) is -1.91. The van der Waals surface area contributed by atoms with Crippen LogP contribution in [0.4, 0.5) is 13.6 Å². The number of ether oxygens (including phenoxy) is 3. The van der Waals surface area contributed by atoms with Gasteiger partial charge in [-0.25, -0.2) is 18.6 Å². The van der Waals surface area contributed by atoms with Gasteiger partial charge in [-0.1, -0.05) is 43.3 Å². The number of aromatic nitrogens is 3. The maximum atomic E-state index is 13.6. The summed E-state index contributed by atoms with van der Waals surface area (Å²) in [6.45, 7) is 5.46. The van der Waals surface area contributed by atoms with Gasteiger partial charge in [0, 0.05) is 12.3 Å². The number of carbonyl (C=O) groups excluding carboxylic acids is 2. The molecule has 0 spiro atoms. The Kier molecular flexibility index (Phi) is 9.23. The number of hydrogen-bond donors (Lipinski definition) is 1. The van der Waals surface area contributed by atoms with E-state index in [-0.39, 0.29) is 41.4 Å². The zero-order chi connectivity index (χ0) is 29.5. The molecule has 0 fully saturated rings. The van der Waals surface area contributed by atoms with Crippen molar-refractivity contribution in [1.29, 1.82) is 0 Å². The molecule has 2 aromatic carbocycles. The van der Waals surface area contributed by atoms with E-state index in [1.807, 2.05) is 13.8 Å². The van der Waals surface area contributed by atoms with Gasteiger partial charge in [0.15, 0.2) is 17.3 Å². The third-order valence-electron chi connectivity index (χ3n) is 5.86. The lowest BCUT2D eigenvalue weighted by Crippen LogP contribution is -2.29. The molecule has 12 heteroatoms. The maximum absolute atomic E-state index is 13.6. The Morgan fingerprint density at radius 2 is 1.56 bits per heavy atom. The van der Waals surface area contributed by atoms with Gasteiger partial charge in [-0.2, -0.15) is 4.98 Å². The lowest BCUT2D eigenvalue weighted by atomic mass is 9.90. The molecule has 0 bridgehead atoms. The third-order valence-corrected chi connectivity index (χ3v) is 5.86. The number of hydrogen-bond acceptors (Lipinski definition) is 9. The molecule has 41 heavy (non-hydrogen) atoms. The van der Waals surface area contributed by atoms with E-state index in [0.717, 1.165) is 0 Å². The number of carbonyl (C=O) groups is 2. The topological polar surface area (TPSA) is 126 Å². The van der Waals surface area contributed by atoms with Crippen molar-refractivity contribution < 1.29 is 37.1 Å². The minimum atomic E-state index is -1.01. The van der Waals surface area contributed by atoms with E-state index in [1.54, 1.807) is 31.2 Å². The predicted molar refractivity (Wildman–Crippen MR) is 142 cm³/mol. The lowest BCUT2D eigenvalue weighted by molar-refractivity contribution is 0.0850. The number of methoxy groups -OCH3 is 1. The molecule has 4 aromatic rings. The molecule has 2 heterocycles. The smallest absolute Gasteiger partial charge is 0.493 e. The van der Waals surface area contributed by atoms with E-state index < -0.39 is 35.7 Å². The Hall–Kier alpha value is -4.87. The normalized spacial score (nSPS) is 11.8. The molecule has 0 aliphatic carbocycles. The number of nitrogens with zero attached hydrogens (tertiary/aromatic N) is 3. The molecule has 0 saturated carbocycles. The molecule has 214 valence electrons. The number of halogens is 2. The van der Waals surface area contributed by atoms with Gasteiger partial charge in [-0.05, 0) is 48.2 Å². The van der Waals surface area contributed by atoms with Crippen LogP contribution in [0.2, 0.25) is 0 Å². The van der Waals surface area contributed by atoms with E-state index in [2.05, 4.69) is 20.4 Å². The summed E-state index contributed by atoms with van der Waals surface area (Å²) >= 11 is 0. The first kappa shape index (κ1) is 29.1. The average Bonchev–Trinajstić information content (AvgIpc) is 3.44. The zero-order valence-electron chi connectivity index (χ0n) is 22.8. The first-order valence-electron chi connectivity index (χ1n) is 12.7. The van der Waals surface area contributed by atoms with E-state index >= 15 is 0 Å². The molecular weight excluding hydrogens is 538 g/mol. The van der Waals surface area contributed by atoms with Gasteiger partial charge < -0.3 is 24.1 Å². The van der Waals surface area contributed by atoms with Gasteiger partial charge in [0.1, 0.15) is 17.7 Å². The van der Waals surface area contributed by atoms with Crippen molar-refractivity contribution in [2.24, 2.45) is 5.92 Å². The largest absolute Gasteiger partial charge is 0.514 e. The second-order valence-corrected chi connectivity index (χ2v) is 9.47. The van der Waals surface area contributed by atoms with Crippen LogP contribution in [0.25, 0.3) is 0 Å². The van der Waals surface area contributed by atoms with E-state index in [1.165, 1.54) is 43.6 Å². The highest BCUT2D eigenvalue weighted by atomic mass is 19.1. The molecule has 1 amide bonds. The molecule has 1 atom stereocenters. The monoisotopic (exact) mass is 566 g/mol. The maximum Gasteiger partial charge on any atom is 0.514 e. The van der Waals surface area contributed by atoms with E-state index in [9.17, 15) is 18.4 Å². The standard InChI is InChI=1S/C29H28F2N4O6/c1-16(2)15-39-29(37)40-25-22(38-4)13-14-32-24(25)27(36)33-17(3)28-34-26(35-41-28)23(18-5-9-20(30)10-6-18)19-7-11-21(31)12-8-19/h5-14,16-17,23H,15H2,1-4H3,(H,33,36)/t17-/m0/s1. The fourth-order valence-corrected chi connectivity index (χ4v) is 3.87. The quantitative estimate of drug-likeness (QED) is 0.244. The number of rotatable bonds is 10. The van der Waals surface area contributed by atoms with Crippen LogP contribution < -0.4 is 14.8 Å². The second-order valence-electron chi connectivity index (χ2n) is 9.47. The van der Waals surface area contributed by atoms with Crippen LogP contribution in [0.1, 0.15) is 66.1 Å². The SMILES string of the molecule is COc1ccnc(C(=O)N[C@@H](C)c2nc(C(c3ccc(F)cc3)c3ccc(F)cc3)no2)c1OC(=O)OCC(C)C. The molecule has 0 unspecified atom stereocenters. The molecule has 2 aromatic heterocycles. The van der Waals surface area contributed by atoms with Crippen LogP contribution in [0.15, 0.2) is 65.3 Å². The van der Waals surface area contributed by atoms with Gasteiger partial charge in [-0.15, -0.1) is 0 Å². The number of amides is 1. The molecular formula is C29H28F2N4O6. The molecule has 1 N–H and O–H groups in total. The van der Waals surface area contributed by atoms with Crippen molar-refractivity contribution in [2.75, 3.05) is 13.7 Å². The Bertz CT molecular complexity index is 1450. The van der Waals surface area contributed by atoms with Gasteiger partial charge in [-0.3, -0.25) is 4.79 Å². The van der Waals surface area contributed by atoms with Crippen molar-refractivity contribution in [2.45, 2.75) is 32.7 Å². The number of nitrogens with one attached hydrogen (secondary N) is 1. The van der Waals surface area contributed by atoms with E-state index in [0.29, 0.717) is 11.1 Å². The summed E-state index contributed by atoms with van der Waals surface area (Å²) in [5.41, 5.74) is 1.07. The lowest BCUT2D eigenvalue weighted by Gasteiger charge is -2.15. The molecule has 4 rings (SSSR count). The van der Waals surface area contributed by atoms with Crippen LogP contribution in [-0.2, 0) is 4.74 Å². The highest BCUT2D eigenvalue weighted by Gasteiger charge is 2.28. The second kappa shape index (κ2) is 13.0. The van der Waals surface area contributed by atoms with Crippen LogP contribution >= 0.6 is 0 Å². The predicted octanol–water partition coefficient (Wildman–Crippen LogP) is 5.59. The van der Waals surface area contributed by atoms with Gasteiger partial charge in [0.05, 0.1) is 19.6 Å². The summed E-state index contributed by atoms with van der Waals surface area (Å²) in [4.78, 5) is 33.9. The Balaban J connectivity index is 1.57. The molecule has 0 aliphatic rings. The van der Waals surface area contributed by atoms with Gasteiger partial charge in [0.2, 0.25) is 11.6 Å². The van der Waals surface area contributed by atoms with Crippen molar-refractivity contribution in [3.05, 3.63) is 101 Å². The van der Waals surface area contributed by atoms with Crippen molar-refractivity contribution in [3.63, 3.8) is 0 Å². The fourth-order valence-electron chi connectivity index (χ4n) is 3.87. The Morgan fingerprint density at radius 3 is 2.12 bits per heavy atom. The highest BCUT2D eigenvalue weighted by molar-refractivity contribution is 5.96. The molecule has 0 saturated heterocycles. The minimum Gasteiger partial charge on any atom is -0.493 e. The minimum absolute atomic E-state index is 0.0595. The highest BCUT2D eigenvalue weighted by Crippen LogP contribution is 2.32. The fraction of sp³-hybridized carbons (Fsp3) is 0.276. The Labute approximate surface area is 234 Å². The van der Waals surface area contributed by atoms with Crippen LogP contribution in [-0.4, -0.2) is 40.9 Å². The first-order valence-corrected chi connectivity index (χ1v) is 12.7. The molecule has 0 radical (unpaired) electrons. The van der Waals surface area contributed by atoms with Crippen molar-refractivity contribution in [1.82, 2.24) is 20.4 Å². The van der Waals surface area contributed by atoms with E-state index in [4.69, 9.17) is 18.7 Å². The first-order chi connectivity index (χ1) is 19.7. The molecule has 0 aliphatic heterocycles. The zero-order valence-corrected chi connectivity index (χ0v) is 22.8.